The maximum atomic E-state index is 5.84. The second-order valence-electron chi connectivity index (χ2n) is 5.29. The molecular formula is C19H17BrMgO2S. The zero-order chi connectivity index (χ0) is 16.3. The van der Waals surface area contributed by atoms with Crippen molar-refractivity contribution in [3.63, 3.8) is 0 Å². The second kappa shape index (κ2) is 8.60. The van der Waals surface area contributed by atoms with Crippen LogP contribution in [0.2, 0.25) is 0 Å². The second-order valence-corrected chi connectivity index (χ2v) is 7.02. The van der Waals surface area contributed by atoms with E-state index in [9.17, 15) is 0 Å². The Balaban J connectivity index is 0.00000208. The van der Waals surface area contributed by atoms with E-state index in [1.165, 1.54) is 14.8 Å². The average molecular weight is 414 g/mol. The summed E-state index contributed by atoms with van der Waals surface area (Å²) in [6.45, 7) is 0. The van der Waals surface area contributed by atoms with Crippen LogP contribution in [0.1, 0.15) is 10.4 Å². The van der Waals surface area contributed by atoms with Gasteiger partial charge in [-0.05, 0) is 0 Å². The van der Waals surface area contributed by atoms with E-state index in [-0.39, 0.29) is 17.0 Å². The van der Waals surface area contributed by atoms with Gasteiger partial charge < -0.3 is 17.0 Å². The van der Waals surface area contributed by atoms with E-state index in [1.807, 2.05) is 39.9 Å². The van der Waals surface area contributed by atoms with Gasteiger partial charge >= 0.3 is 154 Å². The molecule has 0 saturated heterocycles. The molecule has 120 valence electrons. The number of hydrogen-bond acceptors (Lipinski definition) is 3. The SMILES string of the molecule is COC(OC)(c1cc[c]([Mg+])cc1)c1cc(-c2ccccc2)cs1.[Br-]. The van der Waals surface area contributed by atoms with Crippen LogP contribution in [0.15, 0.2) is 66.0 Å². The van der Waals surface area contributed by atoms with Gasteiger partial charge in [-0.1, -0.05) is 0 Å². The standard InChI is InChI=1S/C19H17O2S.BrH.Mg/c1-20-19(21-2,17-11-7-4-8-12-17)18-13-16(14-22-18)15-9-5-3-6-10-15;;/h3,5-14H,1-2H3;1H;/q;;+1/p-1. The monoisotopic (exact) mass is 412 g/mol. The van der Waals surface area contributed by atoms with Gasteiger partial charge in [0.2, 0.25) is 0 Å². The Morgan fingerprint density at radius 1 is 0.875 bits per heavy atom. The quantitative estimate of drug-likeness (QED) is 0.453. The van der Waals surface area contributed by atoms with E-state index in [2.05, 4.69) is 47.8 Å². The van der Waals surface area contributed by atoms with Crippen molar-refractivity contribution in [1.82, 2.24) is 0 Å². The van der Waals surface area contributed by atoms with Gasteiger partial charge in [-0.2, -0.15) is 0 Å². The Morgan fingerprint density at radius 3 is 2.08 bits per heavy atom. The van der Waals surface area contributed by atoms with Crippen LogP contribution in [0.25, 0.3) is 11.1 Å². The van der Waals surface area contributed by atoms with Gasteiger partial charge in [-0.3, -0.25) is 0 Å². The Hall–Kier alpha value is -0.694. The van der Waals surface area contributed by atoms with Crippen LogP contribution < -0.4 is 20.7 Å². The fraction of sp³-hybridized carbons (Fsp3) is 0.158. The van der Waals surface area contributed by atoms with Crippen LogP contribution >= 0.6 is 11.3 Å². The average Bonchev–Trinajstić information content (AvgIpc) is 3.09. The van der Waals surface area contributed by atoms with E-state index >= 15 is 0 Å². The predicted octanol–water partition coefficient (Wildman–Crippen LogP) is 0.707. The van der Waals surface area contributed by atoms with Crippen molar-refractivity contribution < 1.29 is 26.5 Å². The molecule has 0 amide bonds. The minimum atomic E-state index is -0.867. The van der Waals surface area contributed by atoms with E-state index in [1.54, 1.807) is 25.6 Å². The van der Waals surface area contributed by atoms with Crippen molar-refractivity contribution in [1.29, 1.82) is 0 Å². The summed E-state index contributed by atoms with van der Waals surface area (Å²) in [5, 5.41) is 2.15. The number of methoxy groups -OCH3 is 2. The molecule has 5 heteroatoms. The van der Waals surface area contributed by atoms with E-state index in [4.69, 9.17) is 9.47 Å². The molecular weight excluding hydrogens is 396 g/mol. The molecule has 0 saturated carbocycles. The number of benzene rings is 2. The zero-order valence-electron chi connectivity index (χ0n) is 13.7. The Morgan fingerprint density at radius 2 is 1.50 bits per heavy atom. The third-order valence-corrected chi connectivity index (χ3v) is 5.42. The first kappa shape index (κ1) is 19.6. The maximum Gasteiger partial charge on any atom is -1.00 e. The zero-order valence-corrected chi connectivity index (χ0v) is 17.5. The summed E-state index contributed by atoms with van der Waals surface area (Å²) < 4.78 is 12.9. The van der Waals surface area contributed by atoms with Crippen molar-refractivity contribution in [2.45, 2.75) is 5.79 Å². The molecule has 0 N–H and O–H groups in total. The minimum Gasteiger partial charge on any atom is -1.00 e. The van der Waals surface area contributed by atoms with Crippen molar-refractivity contribution in [2.75, 3.05) is 14.2 Å². The number of thiophene rings is 1. The molecule has 0 fully saturated rings. The fourth-order valence-corrected chi connectivity index (χ4v) is 4.01. The van der Waals surface area contributed by atoms with Gasteiger partial charge in [0, 0.05) is 0 Å². The maximum absolute atomic E-state index is 5.84. The molecule has 0 aliphatic rings. The third kappa shape index (κ3) is 3.76. The summed E-state index contributed by atoms with van der Waals surface area (Å²) in [4.78, 5) is 1.03. The molecule has 2 nitrogen and oxygen atoms in total. The van der Waals surface area contributed by atoms with Crippen LogP contribution in [0.5, 0.6) is 0 Å². The molecule has 3 aromatic rings. The molecule has 24 heavy (non-hydrogen) atoms. The largest absolute Gasteiger partial charge is 1.00 e. The van der Waals surface area contributed by atoms with Crippen LogP contribution in [0, 0.1) is 0 Å². The smallest absolute Gasteiger partial charge is 1.00 e. The Bertz CT molecular complexity index is 768. The van der Waals surface area contributed by atoms with E-state index in [0.717, 1.165) is 10.4 Å². The van der Waals surface area contributed by atoms with Crippen LogP contribution in [-0.4, -0.2) is 35.9 Å². The molecule has 3 rings (SSSR count). The van der Waals surface area contributed by atoms with Gasteiger partial charge in [0.05, 0.1) is 0 Å². The molecule has 0 aliphatic carbocycles. The molecule has 0 aliphatic heterocycles. The van der Waals surface area contributed by atoms with Gasteiger partial charge in [0.1, 0.15) is 0 Å². The summed E-state index contributed by atoms with van der Waals surface area (Å²) >= 11 is 3.52. The summed E-state index contributed by atoms with van der Waals surface area (Å²) in [7, 11) is 3.38. The first-order chi connectivity index (χ1) is 11.2. The summed E-state index contributed by atoms with van der Waals surface area (Å²) in [5.74, 6) is -0.867. The van der Waals surface area contributed by atoms with Crippen molar-refractivity contribution >= 4 is 36.7 Å². The fourth-order valence-electron chi connectivity index (χ4n) is 2.68. The van der Waals surface area contributed by atoms with Gasteiger partial charge in [0.15, 0.2) is 0 Å². The van der Waals surface area contributed by atoms with E-state index < -0.39 is 5.79 Å². The molecule has 0 bridgehead atoms. The van der Waals surface area contributed by atoms with Crippen LogP contribution in [-0.2, 0) is 15.3 Å². The predicted molar refractivity (Wildman–Crippen MR) is 96.4 cm³/mol. The van der Waals surface area contributed by atoms with Crippen LogP contribution in [0.4, 0.5) is 0 Å². The first-order valence-corrected chi connectivity index (χ1v) is 8.95. The molecule has 0 unspecified atom stereocenters. The number of hydrogen-bond donors (Lipinski definition) is 0. The number of halogens is 1. The number of ether oxygens (including phenoxy) is 2. The third-order valence-electron chi connectivity index (χ3n) is 3.94. The molecule has 1 heterocycles. The van der Waals surface area contributed by atoms with Crippen molar-refractivity contribution in [2.24, 2.45) is 0 Å². The molecule has 0 spiro atoms. The topological polar surface area (TPSA) is 18.5 Å². The van der Waals surface area contributed by atoms with E-state index in [0.29, 0.717) is 0 Å². The molecule has 0 atom stereocenters. The Labute approximate surface area is 170 Å². The normalized spacial score (nSPS) is 11.2. The van der Waals surface area contributed by atoms with Gasteiger partial charge in [-0.15, -0.1) is 0 Å². The summed E-state index contributed by atoms with van der Waals surface area (Å²) in [6.07, 6.45) is 0. The van der Waals surface area contributed by atoms with Crippen molar-refractivity contribution in [3.8, 4) is 11.1 Å². The Kier molecular flexibility index (Phi) is 7.04. The van der Waals surface area contributed by atoms with Crippen LogP contribution in [0.3, 0.4) is 0 Å². The molecule has 0 radical (unpaired) electrons. The van der Waals surface area contributed by atoms with Gasteiger partial charge in [-0.25, -0.2) is 0 Å². The minimum absolute atomic E-state index is 0. The summed E-state index contributed by atoms with van der Waals surface area (Å²) in [5.41, 5.74) is 3.37. The molecule has 2 aromatic carbocycles. The first-order valence-electron chi connectivity index (χ1n) is 7.37. The summed E-state index contributed by atoms with van der Waals surface area (Å²) in [6, 6.07) is 20.8. The van der Waals surface area contributed by atoms with Gasteiger partial charge in [0.25, 0.3) is 0 Å². The number of rotatable bonds is 5. The van der Waals surface area contributed by atoms with Crippen molar-refractivity contribution in [3.05, 3.63) is 76.5 Å². The molecule has 1 aromatic heterocycles.